The van der Waals surface area contributed by atoms with Gasteiger partial charge in [0.25, 0.3) is 0 Å². The van der Waals surface area contributed by atoms with Crippen molar-refractivity contribution in [2.45, 2.75) is 12.6 Å². The Bertz CT molecular complexity index is 563. The Morgan fingerprint density at radius 1 is 1.39 bits per heavy atom. The number of imidazole rings is 1. The van der Waals surface area contributed by atoms with Gasteiger partial charge in [0, 0.05) is 6.20 Å². The van der Waals surface area contributed by atoms with Crippen LogP contribution in [0.5, 0.6) is 5.88 Å². The Labute approximate surface area is 100 Å². The van der Waals surface area contributed by atoms with E-state index in [-0.39, 0.29) is 11.6 Å². The second-order valence-corrected chi connectivity index (χ2v) is 3.56. The van der Waals surface area contributed by atoms with Crippen molar-refractivity contribution in [3.05, 3.63) is 30.1 Å². The van der Waals surface area contributed by atoms with E-state index < -0.39 is 19.2 Å². The summed E-state index contributed by atoms with van der Waals surface area (Å²) in [5.41, 5.74) is 0.550. The van der Waals surface area contributed by atoms with Crippen LogP contribution in [0.3, 0.4) is 0 Å². The topological polar surface area (TPSA) is 43.6 Å². The van der Waals surface area contributed by atoms with Gasteiger partial charge in [0.05, 0.1) is 13.0 Å². The highest BCUT2D eigenvalue weighted by atomic mass is 19.4. The number of rotatable bonds is 4. The van der Waals surface area contributed by atoms with Gasteiger partial charge in [0.1, 0.15) is 11.3 Å². The lowest BCUT2D eigenvalue weighted by molar-refractivity contribution is -0.139. The molecule has 0 amide bonds. The predicted octanol–water partition coefficient (Wildman–Crippen LogP) is 2.48. The molecule has 0 N–H and O–H groups in total. The summed E-state index contributed by atoms with van der Waals surface area (Å²) < 4.78 is 42.3. The normalized spacial score (nSPS) is 11.7. The van der Waals surface area contributed by atoms with Crippen LogP contribution in [-0.2, 0) is 0 Å². The number of pyridine rings is 1. The fraction of sp³-hybridized carbons (Fsp3) is 0.273. The van der Waals surface area contributed by atoms with E-state index in [9.17, 15) is 18.0 Å². The number of alkyl halides is 3. The monoisotopic (exact) mass is 258 g/mol. The average molecular weight is 258 g/mol. The molecule has 18 heavy (non-hydrogen) atoms. The van der Waals surface area contributed by atoms with Crippen molar-refractivity contribution in [1.82, 2.24) is 9.38 Å². The molecule has 0 aliphatic carbocycles. The number of carbonyl (C=O) groups is 1. The van der Waals surface area contributed by atoms with Crippen LogP contribution >= 0.6 is 0 Å². The molecule has 0 aliphatic rings. The molecule has 2 heterocycles. The molecule has 0 atom stereocenters. The van der Waals surface area contributed by atoms with Crippen LogP contribution in [0.1, 0.15) is 16.9 Å². The molecule has 0 bridgehead atoms. The third kappa shape index (κ3) is 2.61. The van der Waals surface area contributed by atoms with Gasteiger partial charge in [-0.1, -0.05) is 6.07 Å². The molecule has 0 aliphatic heterocycles. The lowest BCUT2D eigenvalue weighted by atomic mass is 10.4. The van der Waals surface area contributed by atoms with Gasteiger partial charge in [-0.25, -0.2) is 0 Å². The fourth-order valence-electron chi connectivity index (χ4n) is 1.47. The largest absolute Gasteiger partial charge is 0.476 e. The van der Waals surface area contributed by atoms with Gasteiger partial charge in [-0.05, 0) is 12.1 Å². The Hall–Kier alpha value is -2.05. The number of aromatic nitrogens is 2. The molecule has 2 aromatic heterocycles. The number of nitrogens with zero attached hydrogens (tertiary/aromatic N) is 2. The maximum Gasteiger partial charge on any atom is 0.392 e. The van der Waals surface area contributed by atoms with E-state index in [1.165, 1.54) is 4.40 Å². The molecule has 0 saturated heterocycles. The third-order valence-corrected chi connectivity index (χ3v) is 2.27. The van der Waals surface area contributed by atoms with Crippen molar-refractivity contribution in [2.75, 3.05) is 6.61 Å². The Kier molecular flexibility index (Phi) is 3.22. The minimum absolute atomic E-state index is 0.0829. The molecular formula is C11H9F3N2O2. The second-order valence-electron chi connectivity index (χ2n) is 3.56. The smallest absolute Gasteiger partial charge is 0.392 e. The highest BCUT2D eigenvalue weighted by molar-refractivity contribution is 5.78. The van der Waals surface area contributed by atoms with Crippen molar-refractivity contribution in [3.8, 4) is 5.88 Å². The summed E-state index contributed by atoms with van der Waals surface area (Å²) in [5, 5.41) is 0. The molecule has 7 heteroatoms. The molecule has 0 saturated carbocycles. The van der Waals surface area contributed by atoms with Gasteiger partial charge >= 0.3 is 6.18 Å². The summed E-state index contributed by atoms with van der Waals surface area (Å²) in [6.45, 7) is -0.561. The van der Waals surface area contributed by atoms with E-state index >= 15 is 0 Å². The number of hydrogen-bond donors (Lipinski definition) is 0. The molecule has 96 valence electrons. The van der Waals surface area contributed by atoms with Gasteiger partial charge < -0.3 is 4.74 Å². The molecule has 0 fully saturated rings. The lowest BCUT2D eigenvalue weighted by Gasteiger charge is -2.06. The Morgan fingerprint density at radius 3 is 2.83 bits per heavy atom. The highest BCUT2D eigenvalue weighted by Gasteiger charge is 2.27. The Morgan fingerprint density at radius 2 is 2.17 bits per heavy atom. The summed E-state index contributed by atoms with van der Waals surface area (Å²) in [7, 11) is 0. The number of ether oxygens (including phenoxy) is 1. The predicted molar refractivity (Wildman–Crippen MR) is 56.7 cm³/mol. The van der Waals surface area contributed by atoms with Crippen LogP contribution in [0.25, 0.3) is 5.65 Å². The summed E-state index contributed by atoms with van der Waals surface area (Å²) in [5.74, 6) is -0.0829. The molecule has 0 spiro atoms. The molecule has 4 nitrogen and oxygen atoms in total. The third-order valence-electron chi connectivity index (χ3n) is 2.27. The first kappa shape index (κ1) is 12.4. The standard InChI is InChI=1S/C11H9F3N2O2/c12-11(13,14)4-6-18-10-8(7-17)16-5-2-1-3-9(16)15-10/h1-3,5,7H,4,6H2. The van der Waals surface area contributed by atoms with Crippen LogP contribution in [0.2, 0.25) is 0 Å². The fourth-order valence-corrected chi connectivity index (χ4v) is 1.47. The number of carbonyl (C=O) groups excluding carboxylic acids is 1. The van der Waals surface area contributed by atoms with Crippen molar-refractivity contribution >= 4 is 11.9 Å². The first-order valence-corrected chi connectivity index (χ1v) is 5.13. The highest BCUT2D eigenvalue weighted by Crippen LogP contribution is 2.22. The van der Waals surface area contributed by atoms with Crippen LogP contribution in [0.15, 0.2) is 24.4 Å². The van der Waals surface area contributed by atoms with E-state index in [4.69, 9.17) is 4.74 Å². The van der Waals surface area contributed by atoms with E-state index in [0.29, 0.717) is 11.9 Å². The van der Waals surface area contributed by atoms with Crippen LogP contribution in [-0.4, -0.2) is 28.5 Å². The first-order chi connectivity index (χ1) is 8.51. The van der Waals surface area contributed by atoms with Gasteiger partial charge in [0.15, 0.2) is 6.29 Å². The Balaban J connectivity index is 2.20. The molecule has 0 unspecified atom stereocenters. The zero-order valence-electron chi connectivity index (χ0n) is 9.15. The van der Waals surface area contributed by atoms with E-state index in [1.807, 2.05) is 0 Å². The van der Waals surface area contributed by atoms with Gasteiger partial charge in [-0.15, -0.1) is 0 Å². The van der Waals surface area contributed by atoms with E-state index in [2.05, 4.69) is 4.98 Å². The number of halogens is 3. The van der Waals surface area contributed by atoms with Gasteiger partial charge in [0.2, 0.25) is 5.88 Å². The summed E-state index contributed by atoms with van der Waals surface area (Å²) in [4.78, 5) is 14.8. The van der Waals surface area contributed by atoms with Crippen LogP contribution in [0.4, 0.5) is 13.2 Å². The van der Waals surface area contributed by atoms with Gasteiger partial charge in [-0.3, -0.25) is 9.20 Å². The maximum absolute atomic E-state index is 12.0. The summed E-state index contributed by atoms with van der Waals surface area (Å²) >= 11 is 0. The molecule has 0 aromatic carbocycles. The summed E-state index contributed by atoms with van der Waals surface area (Å²) in [6, 6.07) is 5.02. The van der Waals surface area contributed by atoms with Crippen molar-refractivity contribution in [1.29, 1.82) is 0 Å². The zero-order valence-corrected chi connectivity index (χ0v) is 9.15. The van der Waals surface area contributed by atoms with Crippen LogP contribution in [0, 0.1) is 0 Å². The number of fused-ring (bicyclic) bond motifs is 1. The summed E-state index contributed by atoms with van der Waals surface area (Å²) in [6.07, 6.45) is -3.29. The molecule has 2 rings (SSSR count). The molecule has 2 aromatic rings. The zero-order chi connectivity index (χ0) is 13.2. The van der Waals surface area contributed by atoms with E-state index in [1.54, 1.807) is 24.4 Å². The molecular weight excluding hydrogens is 249 g/mol. The second kappa shape index (κ2) is 4.67. The first-order valence-electron chi connectivity index (χ1n) is 5.13. The number of hydrogen-bond acceptors (Lipinski definition) is 3. The SMILES string of the molecule is O=Cc1c(OCCC(F)(F)F)nc2ccccn12. The van der Waals surface area contributed by atoms with E-state index in [0.717, 1.165) is 0 Å². The minimum Gasteiger partial charge on any atom is -0.476 e. The van der Waals surface area contributed by atoms with Crippen molar-refractivity contribution < 1.29 is 22.7 Å². The average Bonchev–Trinajstić information content (AvgIpc) is 2.64. The van der Waals surface area contributed by atoms with Gasteiger partial charge in [-0.2, -0.15) is 18.2 Å². The molecule has 0 radical (unpaired) electrons. The quantitative estimate of drug-likeness (QED) is 0.791. The number of aldehydes is 1. The lowest BCUT2D eigenvalue weighted by Crippen LogP contribution is -2.13. The van der Waals surface area contributed by atoms with Crippen molar-refractivity contribution in [3.63, 3.8) is 0 Å². The maximum atomic E-state index is 12.0. The van der Waals surface area contributed by atoms with Crippen LogP contribution < -0.4 is 4.74 Å². The van der Waals surface area contributed by atoms with Crippen molar-refractivity contribution in [2.24, 2.45) is 0 Å². The minimum atomic E-state index is -4.29.